The van der Waals surface area contributed by atoms with E-state index in [2.05, 4.69) is 41.5 Å². The highest BCUT2D eigenvalue weighted by molar-refractivity contribution is 8.00. The van der Waals surface area contributed by atoms with E-state index in [1.165, 1.54) is 61.4 Å². The summed E-state index contributed by atoms with van der Waals surface area (Å²) in [6, 6.07) is 6.11. The maximum atomic E-state index is 13.0. The highest BCUT2D eigenvalue weighted by Gasteiger charge is 2.51. The zero-order valence-electron chi connectivity index (χ0n) is 17.4. The molecule has 0 radical (unpaired) electrons. The molecule has 1 atom stereocenters. The fourth-order valence-corrected chi connectivity index (χ4v) is 6.76. The van der Waals surface area contributed by atoms with Crippen LogP contribution >= 0.6 is 11.8 Å². The molecule has 1 aromatic carbocycles. The summed E-state index contributed by atoms with van der Waals surface area (Å²) in [6.07, 6.45) is 7.63. The van der Waals surface area contributed by atoms with Crippen LogP contribution in [0.15, 0.2) is 27.8 Å². The van der Waals surface area contributed by atoms with Crippen molar-refractivity contribution in [1.82, 2.24) is 15.5 Å². The Morgan fingerprint density at radius 3 is 2.38 bits per heavy atom. The van der Waals surface area contributed by atoms with Crippen LogP contribution in [0.3, 0.4) is 0 Å². The number of aryl methyl sites for hydroxylation is 2. The van der Waals surface area contributed by atoms with Gasteiger partial charge in [0, 0.05) is 11.1 Å². The van der Waals surface area contributed by atoms with E-state index >= 15 is 0 Å². The van der Waals surface area contributed by atoms with Crippen molar-refractivity contribution in [1.29, 1.82) is 0 Å². The van der Waals surface area contributed by atoms with Crippen LogP contribution in [-0.2, 0) is 4.79 Å². The van der Waals surface area contributed by atoms with Crippen LogP contribution in [0.1, 0.15) is 56.6 Å². The number of carbonyl (C=O) groups is 1. The first-order valence-electron chi connectivity index (χ1n) is 10.8. The van der Waals surface area contributed by atoms with Crippen molar-refractivity contribution in [3.8, 4) is 11.5 Å². The van der Waals surface area contributed by atoms with Crippen LogP contribution in [0.4, 0.5) is 0 Å². The topological polar surface area (TPSA) is 68.0 Å². The van der Waals surface area contributed by atoms with Gasteiger partial charge in [0.2, 0.25) is 11.8 Å². The number of thioether (sulfide) groups is 1. The molecule has 1 amide bonds. The maximum absolute atomic E-state index is 13.0. The average molecular weight is 412 g/mol. The van der Waals surface area contributed by atoms with Crippen molar-refractivity contribution in [2.24, 2.45) is 17.8 Å². The zero-order chi connectivity index (χ0) is 20.2. The smallest absolute Gasteiger partial charge is 0.277 e. The minimum Gasteiger partial charge on any atom is -0.411 e. The third-order valence-electron chi connectivity index (χ3n) is 7.23. The minimum absolute atomic E-state index is 0.0417. The molecule has 4 saturated carbocycles. The summed E-state index contributed by atoms with van der Waals surface area (Å²) < 4.78 is 5.84. The summed E-state index contributed by atoms with van der Waals surface area (Å²) in [4.78, 5) is 13.0. The number of aromatic nitrogens is 2. The summed E-state index contributed by atoms with van der Waals surface area (Å²) in [5.41, 5.74) is 3.38. The highest BCUT2D eigenvalue weighted by atomic mass is 32.2. The van der Waals surface area contributed by atoms with Gasteiger partial charge in [-0.2, -0.15) is 0 Å². The van der Waals surface area contributed by atoms with Gasteiger partial charge in [0.05, 0.1) is 5.25 Å². The van der Waals surface area contributed by atoms with E-state index < -0.39 is 0 Å². The van der Waals surface area contributed by atoms with Gasteiger partial charge in [-0.25, -0.2) is 0 Å². The van der Waals surface area contributed by atoms with Gasteiger partial charge in [0.25, 0.3) is 5.22 Å². The van der Waals surface area contributed by atoms with Crippen molar-refractivity contribution >= 4 is 17.7 Å². The van der Waals surface area contributed by atoms with Crippen LogP contribution in [0.25, 0.3) is 11.5 Å². The average Bonchev–Trinajstić information content (AvgIpc) is 3.11. The highest BCUT2D eigenvalue weighted by Crippen LogP contribution is 2.55. The van der Waals surface area contributed by atoms with Crippen LogP contribution in [0.5, 0.6) is 0 Å². The SMILES string of the molecule is Cc1ccc(-c2nnc(S[C@H](C)C(=O)NC34CC5CC(CC(C5)C3)C4)o2)cc1C. The predicted octanol–water partition coefficient (Wildman–Crippen LogP) is 4.92. The molecule has 4 aliphatic rings. The number of hydrogen-bond acceptors (Lipinski definition) is 5. The normalized spacial score (nSPS) is 31.1. The molecule has 2 aromatic rings. The van der Waals surface area contributed by atoms with E-state index in [1.807, 2.05) is 13.0 Å². The first-order valence-corrected chi connectivity index (χ1v) is 11.7. The van der Waals surface area contributed by atoms with E-state index in [1.54, 1.807) is 0 Å². The van der Waals surface area contributed by atoms with Crippen LogP contribution in [0.2, 0.25) is 0 Å². The summed E-state index contributed by atoms with van der Waals surface area (Å²) in [5, 5.41) is 12.0. The lowest BCUT2D eigenvalue weighted by molar-refractivity contribution is -0.126. The third kappa shape index (κ3) is 3.72. The molecule has 0 spiro atoms. The Morgan fingerprint density at radius 1 is 1.10 bits per heavy atom. The van der Waals surface area contributed by atoms with E-state index in [4.69, 9.17) is 4.42 Å². The van der Waals surface area contributed by atoms with Crippen molar-refractivity contribution in [2.75, 3.05) is 0 Å². The number of benzene rings is 1. The second-order valence-electron chi connectivity index (χ2n) is 9.62. The second-order valence-corrected chi connectivity index (χ2v) is 10.9. The Bertz CT molecular complexity index is 903. The molecule has 5 nitrogen and oxygen atoms in total. The molecular formula is C23H29N3O2S. The van der Waals surface area contributed by atoms with Gasteiger partial charge < -0.3 is 9.73 Å². The molecule has 0 aliphatic heterocycles. The van der Waals surface area contributed by atoms with Crippen LogP contribution in [0, 0.1) is 31.6 Å². The molecule has 154 valence electrons. The van der Waals surface area contributed by atoms with E-state index in [0.717, 1.165) is 23.3 Å². The quantitative estimate of drug-likeness (QED) is 0.708. The minimum atomic E-state index is -0.254. The molecular weight excluding hydrogens is 382 g/mol. The van der Waals surface area contributed by atoms with E-state index in [0.29, 0.717) is 11.1 Å². The van der Waals surface area contributed by atoms with Gasteiger partial charge in [-0.1, -0.05) is 17.8 Å². The summed E-state index contributed by atoms with van der Waals surface area (Å²) >= 11 is 1.35. The van der Waals surface area contributed by atoms with E-state index in [-0.39, 0.29) is 16.7 Å². The maximum Gasteiger partial charge on any atom is 0.277 e. The number of nitrogens with zero attached hydrogens (tertiary/aromatic N) is 2. The van der Waals surface area contributed by atoms with Crippen molar-refractivity contribution < 1.29 is 9.21 Å². The Kier molecular flexibility index (Phi) is 4.72. The van der Waals surface area contributed by atoms with Gasteiger partial charge >= 0.3 is 0 Å². The molecule has 6 rings (SSSR count). The predicted molar refractivity (Wildman–Crippen MR) is 114 cm³/mol. The molecule has 4 bridgehead atoms. The first kappa shape index (κ1) is 19.2. The number of amides is 1. The van der Waals surface area contributed by atoms with E-state index in [9.17, 15) is 4.79 Å². The molecule has 1 N–H and O–H groups in total. The lowest BCUT2D eigenvalue weighted by atomic mass is 9.53. The fraction of sp³-hybridized carbons (Fsp3) is 0.609. The summed E-state index contributed by atoms with van der Waals surface area (Å²) in [6.45, 7) is 6.08. The molecule has 0 unspecified atom stereocenters. The molecule has 4 fully saturated rings. The third-order valence-corrected chi connectivity index (χ3v) is 8.17. The van der Waals surface area contributed by atoms with Gasteiger partial charge in [-0.05, 0) is 100 Å². The molecule has 29 heavy (non-hydrogen) atoms. The Hall–Kier alpha value is -1.82. The second kappa shape index (κ2) is 7.15. The standard InChI is InChI=1S/C23H29N3O2S/c1-13-4-5-19(6-14(13)2)21-25-26-22(28-21)29-15(3)20(27)24-23-10-16-7-17(11-23)9-18(8-16)12-23/h4-6,15-18H,7-12H2,1-3H3,(H,24,27)/t15-,16?,17?,18?,23?/m1/s1. The molecule has 0 saturated heterocycles. The lowest BCUT2D eigenvalue weighted by Crippen LogP contribution is -2.60. The largest absolute Gasteiger partial charge is 0.411 e. The van der Waals surface area contributed by atoms with Crippen molar-refractivity contribution in [3.63, 3.8) is 0 Å². The van der Waals surface area contributed by atoms with Gasteiger partial charge in [0.1, 0.15) is 0 Å². The zero-order valence-corrected chi connectivity index (χ0v) is 18.2. The molecule has 4 aliphatic carbocycles. The Balaban J connectivity index is 1.24. The van der Waals surface area contributed by atoms with Crippen molar-refractivity contribution in [2.45, 2.75) is 75.3 Å². The van der Waals surface area contributed by atoms with Gasteiger partial charge in [-0.15, -0.1) is 10.2 Å². The molecule has 6 heteroatoms. The summed E-state index contributed by atoms with van der Waals surface area (Å²) in [7, 11) is 0. The number of rotatable bonds is 5. The van der Waals surface area contributed by atoms with Crippen molar-refractivity contribution in [3.05, 3.63) is 29.3 Å². The van der Waals surface area contributed by atoms with Gasteiger partial charge in [0.15, 0.2) is 0 Å². The number of nitrogens with one attached hydrogen (secondary N) is 1. The lowest BCUT2D eigenvalue weighted by Gasteiger charge is -2.57. The van der Waals surface area contributed by atoms with Gasteiger partial charge in [-0.3, -0.25) is 4.79 Å². The first-order chi connectivity index (χ1) is 13.9. The Morgan fingerprint density at radius 2 is 1.76 bits per heavy atom. The summed E-state index contributed by atoms with van der Waals surface area (Å²) in [5.74, 6) is 3.06. The number of carbonyl (C=O) groups excluding carboxylic acids is 1. The molecule has 1 aromatic heterocycles. The number of hydrogen-bond donors (Lipinski definition) is 1. The monoisotopic (exact) mass is 411 g/mol. The van der Waals surface area contributed by atoms with Crippen LogP contribution in [-0.4, -0.2) is 26.9 Å². The Labute approximate surface area is 176 Å². The fourth-order valence-electron chi connectivity index (χ4n) is 6.08. The molecule has 1 heterocycles. The van der Waals surface area contributed by atoms with Crippen LogP contribution < -0.4 is 5.32 Å².